The summed E-state index contributed by atoms with van der Waals surface area (Å²) >= 11 is 4.27. The van der Waals surface area contributed by atoms with Crippen molar-refractivity contribution in [1.82, 2.24) is 0 Å². The van der Waals surface area contributed by atoms with Crippen LogP contribution in [0.2, 0.25) is 0 Å². The molecule has 0 heterocycles. The minimum atomic E-state index is 0.0646. The second kappa shape index (κ2) is 6.39. The lowest BCUT2D eigenvalue weighted by Gasteiger charge is -2.22. The molecular weight excluding hydrogens is 196 g/mol. The molecule has 74 valence electrons. The predicted molar refractivity (Wildman–Crippen MR) is 68.4 cm³/mol. The zero-order valence-electron chi connectivity index (χ0n) is 8.74. The molecule has 0 unspecified atom stereocenters. The normalized spacial score (nSPS) is 14.7. The minimum absolute atomic E-state index is 0.0646. The Kier molecular flexibility index (Phi) is 6.35. The molecule has 0 aliphatic heterocycles. The number of hydrogen-bond donors (Lipinski definition) is 1. The second-order valence-corrected chi connectivity index (χ2v) is 5.00. The number of rotatable bonds is 4. The van der Waals surface area contributed by atoms with Gasteiger partial charge in [-0.1, -0.05) is 41.2 Å². The van der Waals surface area contributed by atoms with E-state index in [2.05, 4.69) is 49.8 Å². The van der Waals surface area contributed by atoms with Gasteiger partial charge in [0, 0.05) is 4.75 Å². The van der Waals surface area contributed by atoms with Gasteiger partial charge in [-0.05, 0) is 33.3 Å². The summed E-state index contributed by atoms with van der Waals surface area (Å²) in [6.45, 7) is 8.38. The Bertz CT molecular complexity index is 222. The zero-order valence-corrected chi connectivity index (χ0v) is 10.5. The molecule has 0 nitrogen and oxygen atoms in total. The van der Waals surface area contributed by atoms with E-state index >= 15 is 0 Å². The SMILES string of the molecule is C\C=C/C=C(\C=C/C)C(C)(C)SS. The van der Waals surface area contributed by atoms with Gasteiger partial charge in [0.15, 0.2) is 0 Å². The Balaban J connectivity index is 4.80. The molecule has 0 radical (unpaired) electrons. The number of hydrogen-bond acceptors (Lipinski definition) is 2. The van der Waals surface area contributed by atoms with Crippen LogP contribution in [-0.4, -0.2) is 4.75 Å². The molecule has 0 saturated carbocycles. The van der Waals surface area contributed by atoms with E-state index in [1.54, 1.807) is 10.8 Å². The van der Waals surface area contributed by atoms with Crippen LogP contribution in [0.1, 0.15) is 27.7 Å². The molecule has 0 saturated heterocycles. The maximum Gasteiger partial charge on any atom is 0.0453 e. The molecule has 0 rings (SSSR count). The quantitative estimate of drug-likeness (QED) is 0.410. The fourth-order valence-electron chi connectivity index (χ4n) is 0.889. The van der Waals surface area contributed by atoms with E-state index < -0.39 is 0 Å². The molecule has 13 heavy (non-hydrogen) atoms. The van der Waals surface area contributed by atoms with Crippen molar-refractivity contribution in [3.8, 4) is 0 Å². The van der Waals surface area contributed by atoms with Crippen molar-refractivity contribution in [3.63, 3.8) is 0 Å². The maximum atomic E-state index is 4.27. The molecule has 0 N–H and O–H groups in total. The first-order chi connectivity index (χ1) is 6.08. The zero-order chi connectivity index (χ0) is 10.3. The molecule has 0 aliphatic carbocycles. The third-order valence-corrected chi connectivity index (χ3v) is 3.80. The lowest BCUT2D eigenvalue weighted by Crippen LogP contribution is -2.14. The summed E-state index contributed by atoms with van der Waals surface area (Å²) in [4.78, 5) is 0. The highest BCUT2D eigenvalue weighted by Crippen LogP contribution is 2.35. The molecule has 0 fully saturated rings. The molecule has 0 aromatic rings. The smallest absolute Gasteiger partial charge is 0.0453 e. The van der Waals surface area contributed by atoms with Gasteiger partial charge >= 0.3 is 0 Å². The third-order valence-electron chi connectivity index (χ3n) is 1.74. The Labute approximate surface area is 91.0 Å². The van der Waals surface area contributed by atoms with E-state index in [1.807, 2.05) is 19.9 Å². The van der Waals surface area contributed by atoms with Crippen LogP contribution in [0.4, 0.5) is 0 Å². The highest BCUT2D eigenvalue weighted by Gasteiger charge is 2.19. The molecule has 0 atom stereocenters. The third kappa shape index (κ3) is 4.63. The molecule has 2 heteroatoms. The Hall–Kier alpha value is -0.0800. The standard InChI is InChI=1S/C11H18S2/c1-5-7-9-10(8-6-2)11(3,4)13-12/h5-9,12H,1-4H3/b7-5-,8-6-,10-9+. The lowest BCUT2D eigenvalue weighted by molar-refractivity contribution is 0.864. The molecule has 0 bridgehead atoms. The van der Waals surface area contributed by atoms with E-state index in [9.17, 15) is 0 Å². The van der Waals surface area contributed by atoms with E-state index in [0.717, 1.165) is 0 Å². The van der Waals surface area contributed by atoms with Crippen LogP contribution in [0.3, 0.4) is 0 Å². The summed E-state index contributed by atoms with van der Waals surface area (Å²) in [7, 11) is 1.57. The average molecular weight is 214 g/mol. The monoisotopic (exact) mass is 214 g/mol. The van der Waals surface area contributed by atoms with Crippen LogP contribution in [0.25, 0.3) is 0 Å². The van der Waals surface area contributed by atoms with Gasteiger partial charge in [0.25, 0.3) is 0 Å². The second-order valence-electron chi connectivity index (χ2n) is 3.25. The maximum absolute atomic E-state index is 4.27. The average Bonchev–Trinajstić information content (AvgIpc) is 2.12. The Morgan fingerprint density at radius 1 is 1.23 bits per heavy atom. The Morgan fingerprint density at radius 3 is 2.23 bits per heavy atom. The van der Waals surface area contributed by atoms with Gasteiger partial charge in [-0.25, -0.2) is 0 Å². The van der Waals surface area contributed by atoms with Crippen molar-refractivity contribution < 1.29 is 0 Å². The molecule has 0 aromatic carbocycles. The van der Waals surface area contributed by atoms with Gasteiger partial charge in [-0.15, -0.1) is 11.7 Å². The van der Waals surface area contributed by atoms with Crippen molar-refractivity contribution >= 4 is 22.5 Å². The van der Waals surface area contributed by atoms with Crippen molar-refractivity contribution in [1.29, 1.82) is 0 Å². The van der Waals surface area contributed by atoms with Gasteiger partial charge < -0.3 is 0 Å². The van der Waals surface area contributed by atoms with Gasteiger partial charge in [0.1, 0.15) is 0 Å². The van der Waals surface area contributed by atoms with Crippen LogP contribution < -0.4 is 0 Å². The largest absolute Gasteiger partial charge is 0.110 e. The summed E-state index contributed by atoms with van der Waals surface area (Å²) in [5, 5.41) is 0. The van der Waals surface area contributed by atoms with Gasteiger partial charge in [0.05, 0.1) is 0 Å². The van der Waals surface area contributed by atoms with E-state index in [4.69, 9.17) is 0 Å². The highest BCUT2D eigenvalue weighted by molar-refractivity contribution is 8.69. The predicted octanol–water partition coefficient (Wildman–Crippen LogP) is 4.42. The Morgan fingerprint density at radius 2 is 1.85 bits per heavy atom. The van der Waals surface area contributed by atoms with Crippen LogP contribution in [0.5, 0.6) is 0 Å². The van der Waals surface area contributed by atoms with Crippen molar-refractivity contribution in [3.05, 3.63) is 36.0 Å². The fourth-order valence-corrected chi connectivity index (χ4v) is 1.45. The number of allylic oxidation sites excluding steroid dienone is 5. The first-order valence-electron chi connectivity index (χ1n) is 4.37. The van der Waals surface area contributed by atoms with E-state index in [1.165, 1.54) is 5.57 Å². The van der Waals surface area contributed by atoms with Crippen molar-refractivity contribution in [2.75, 3.05) is 0 Å². The summed E-state index contributed by atoms with van der Waals surface area (Å²) in [5.41, 5.74) is 1.29. The first-order valence-corrected chi connectivity index (χ1v) is 6.24. The topological polar surface area (TPSA) is 0 Å². The summed E-state index contributed by atoms with van der Waals surface area (Å²) in [6.07, 6.45) is 10.4. The highest BCUT2D eigenvalue weighted by atomic mass is 33.1. The van der Waals surface area contributed by atoms with Gasteiger partial charge in [0.2, 0.25) is 0 Å². The van der Waals surface area contributed by atoms with Crippen LogP contribution in [-0.2, 0) is 0 Å². The molecule has 0 aliphatic rings. The molecular formula is C11H18S2. The van der Waals surface area contributed by atoms with Crippen LogP contribution in [0.15, 0.2) is 36.0 Å². The van der Waals surface area contributed by atoms with Crippen LogP contribution >= 0.6 is 22.5 Å². The minimum Gasteiger partial charge on any atom is -0.110 e. The molecule has 0 spiro atoms. The number of thiol groups is 1. The fraction of sp³-hybridized carbons (Fsp3) is 0.455. The van der Waals surface area contributed by atoms with Crippen molar-refractivity contribution in [2.45, 2.75) is 32.4 Å². The van der Waals surface area contributed by atoms with Crippen LogP contribution in [0, 0.1) is 0 Å². The lowest BCUT2D eigenvalue weighted by atomic mass is 10.0. The van der Waals surface area contributed by atoms with Crippen molar-refractivity contribution in [2.24, 2.45) is 0 Å². The summed E-state index contributed by atoms with van der Waals surface area (Å²) < 4.78 is 0.0646. The molecule has 0 aromatic heterocycles. The van der Waals surface area contributed by atoms with E-state index in [-0.39, 0.29) is 4.75 Å². The summed E-state index contributed by atoms with van der Waals surface area (Å²) in [5.74, 6) is 0. The first kappa shape index (κ1) is 12.9. The van der Waals surface area contributed by atoms with E-state index in [0.29, 0.717) is 0 Å². The van der Waals surface area contributed by atoms with Gasteiger partial charge in [-0.2, -0.15) is 0 Å². The molecule has 0 amide bonds. The van der Waals surface area contributed by atoms with Gasteiger partial charge in [-0.3, -0.25) is 0 Å². The summed E-state index contributed by atoms with van der Waals surface area (Å²) in [6, 6.07) is 0.